The average Bonchev–Trinajstić information content (AvgIpc) is 3.67. The van der Waals surface area contributed by atoms with Crippen molar-refractivity contribution in [1.29, 1.82) is 0 Å². The van der Waals surface area contributed by atoms with Crippen LogP contribution in [0.1, 0.15) is 38.5 Å². The van der Waals surface area contributed by atoms with E-state index in [1.807, 2.05) is 21.9 Å². The van der Waals surface area contributed by atoms with Crippen LogP contribution in [0.25, 0.3) is 0 Å². The predicted octanol–water partition coefficient (Wildman–Crippen LogP) is 3.54. The highest BCUT2D eigenvalue weighted by molar-refractivity contribution is 5.76. The SMILES string of the molecule is O=C(CCC1CCCN(c2cc(NC3CC3)ncn2)C1)N1CCN(c2ccccc2F)CC1. The molecule has 1 aliphatic carbocycles. The smallest absolute Gasteiger partial charge is 0.222 e. The summed E-state index contributed by atoms with van der Waals surface area (Å²) in [6, 6.07) is 9.49. The first-order chi connectivity index (χ1) is 16.2. The summed E-state index contributed by atoms with van der Waals surface area (Å²) in [5.41, 5.74) is 0.632. The molecule has 1 aromatic heterocycles. The van der Waals surface area contributed by atoms with Crippen molar-refractivity contribution < 1.29 is 9.18 Å². The van der Waals surface area contributed by atoms with Gasteiger partial charge in [0.1, 0.15) is 23.8 Å². The third-order valence-electron chi connectivity index (χ3n) is 7.02. The van der Waals surface area contributed by atoms with Crippen LogP contribution < -0.4 is 15.1 Å². The van der Waals surface area contributed by atoms with E-state index < -0.39 is 0 Å². The minimum atomic E-state index is -0.196. The second-order valence-electron chi connectivity index (χ2n) is 9.49. The molecule has 1 aromatic carbocycles. The highest BCUT2D eigenvalue weighted by atomic mass is 19.1. The number of amides is 1. The number of aromatic nitrogens is 2. The summed E-state index contributed by atoms with van der Waals surface area (Å²) in [4.78, 5) is 28.0. The third kappa shape index (κ3) is 5.54. The number of hydrogen-bond acceptors (Lipinski definition) is 6. The lowest BCUT2D eigenvalue weighted by Crippen LogP contribution is -2.49. The van der Waals surface area contributed by atoms with Crippen LogP contribution >= 0.6 is 0 Å². The number of piperidine rings is 1. The maximum Gasteiger partial charge on any atom is 0.222 e. The Balaban J connectivity index is 1.09. The van der Waals surface area contributed by atoms with E-state index in [-0.39, 0.29) is 11.7 Å². The van der Waals surface area contributed by atoms with Crippen molar-refractivity contribution in [2.24, 2.45) is 5.92 Å². The van der Waals surface area contributed by atoms with E-state index in [9.17, 15) is 9.18 Å². The van der Waals surface area contributed by atoms with Crippen molar-refractivity contribution in [3.63, 3.8) is 0 Å². The summed E-state index contributed by atoms with van der Waals surface area (Å²) in [7, 11) is 0. The lowest BCUT2D eigenvalue weighted by molar-refractivity contribution is -0.131. The Morgan fingerprint density at radius 1 is 1.03 bits per heavy atom. The molecular formula is C25H33FN6O. The van der Waals surface area contributed by atoms with Crippen molar-refractivity contribution >= 4 is 23.2 Å². The number of benzene rings is 1. The van der Waals surface area contributed by atoms with Crippen molar-refractivity contribution in [1.82, 2.24) is 14.9 Å². The maximum absolute atomic E-state index is 14.1. The normalized spacial score (nSPS) is 21.2. The maximum atomic E-state index is 14.1. The van der Waals surface area contributed by atoms with Crippen LogP contribution in [-0.4, -0.2) is 66.1 Å². The number of rotatable bonds is 7. The van der Waals surface area contributed by atoms with Crippen LogP contribution in [0, 0.1) is 11.7 Å². The number of hydrogen-bond donors (Lipinski definition) is 1. The number of nitrogens with one attached hydrogen (secondary N) is 1. The molecule has 0 bridgehead atoms. The molecule has 7 nitrogen and oxygen atoms in total. The highest BCUT2D eigenvalue weighted by Crippen LogP contribution is 2.28. The van der Waals surface area contributed by atoms with Crippen molar-refractivity contribution in [3.05, 3.63) is 42.5 Å². The number of carbonyl (C=O) groups excluding carboxylic acids is 1. The minimum Gasteiger partial charge on any atom is -0.367 e. The van der Waals surface area contributed by atoms with E-state index in [2.05, 4.69) is 26.3 Å². The fourth-order valence-electron chi connectivity index (χ4n) is 4.94. The second-order valence-corrected chi connectivity index (χ2v) is 9.49. The molecule has 2 aromatic rings. The molecule has 0 spiro atoms. The standard InChI is InChI=1S/C25H33FN6O/c26-21-5-1-2-6-22(21)30-12-14-31(15-13-30)25(33)10-7-19-4-3-11-32(17-19)24-16-23(27-18-28-24)29-20-8-9-20/h1-2,5-6,16,18-20H,3-4,7-15,17H2,(H,27,28,29). The first-order valence-electron chi connectivity index (χ1n) is 12.3. The van der Waals surface area contributed by atoms with Crippen molar-refractivity contribution in [2.45, 2.75) is 44.6 Å². The zero-order valence-electron chi connectivity index (χ0n) is 19.1. The highest BCUT2D eigenvalue weighted by Gasteiger charge is 2.26. The Hall–Kier alpha value is -2.90. The largest absolute Gasteiger partial charge is 0.367 e. The van der Waals surface area contributed by atoms with E-state index in [0.717, 1.165) is 44.0 Å². The molecule has 3 fully saturated rings. The van der Waals surface area contributed by atoms with Gasteiger partial charge >= 0.3 is 0 Å². The van der Waals surface area contributed by atoms with Crippen LogP contribution in [-0.2, 0) is 4.79 Å². The van der Waals surface area contributed by atoms with Crippen LogP contribution in [0.15, 0.2) is 36.7 Å². The molecule has 2 saturated heterocycles. The van der Waals surface area contributed by atoms with Gasteiger partial charge in [0.25, 0.3) is 0 Å². The molecule has 176 valence electrons. The Bertz CT molecular complexity index is 959. The summed E-state index contributed by atoms with van der Waals surface area (Å²) >= 11 is 0. The topological polar surface area (TPSA) is 64.6 Å². The monoisotopic (exact) mass is 452 g/mol. The number of carbonyl (C=O) groups is 1. The Labute approximate surface area is 195 Å². The molecule has 1 unspecified atom stereocenters. The van der Waals surface area contributed by atoms with Gasteiger partial charge in [-0.1, -0.05) is 12.1 Å². The first kappa shape index (κ1) is 21.9. The second kappa shape index (κ2) is 9.93. The number of piperazine rings is 1. The number of para-hydroxylation sites is 1. The van der Waals surface area contributed by atoms with Crippen molar-refractivity contribution in [3.8, 4) is 0 Å². The Morgan fingerprint density at radius 3 is 2.64 bits per heavy atom. The van der Waals surface area contributed by atoms with Gasteiger partial charge in [0, 0.05) is 57.8 Å². The number of nitrogens with zero attached hydrogens (tertiary/aromatic N) is 5. The van der Waals surface area contributed by atoms with Gasteiger partial charge in [-0.05, 0) is 50.2 Å². The van der Waals surface area contributed by atoms with Gasteiger partial charge in [-0.25, -0.2) is 14.4 Å². The lowest BCUT2D eigenvalue weighted by atomic mass is 9.93. The molecule has 33 heavy (non-hydrogen) atoms. The van der Waals surface area contributed by atoms with E-state index in [0.29, 0.717) is 50.2 Å². The fraction of sp³-hybridized carbons (Fsp3) is 0.560. The van der Waals surface area contributed by atoms with Gasteiger partial charge in [0.15, 0.2) is 0 Å². The van der Waals surface area contributed by atoms with Crippen molar-refractivity contribution in [2.75, 3.05) is 54.4 Å². The van der Waals surface area contributed by atoms with Crippen LogP contribution in [0.4, 0.5) is 21.7 Å². The summed E-state index contributed by atoms with van der Waals surface area (Å²) in [5, 5.41) is 3.45. The molecule has 1 atom stereocenters. The van der Waals surface area contributed by atoms with E-state index in [1.54, 1.807) is 12.4 Å². The van der Waals surface area contributed by atoms with Crippen LogP contribution in [0.3, 0.4) is 0 Å². The number of anilines is 3. The summed E-state index contributed by atoms with van der Waals surface area (Å²) < 4.78 is 14.1. The molecule has 1 amide bonds. The van der Waals surface area contributed by atoms with Crippen LogP contribution in [0.5, 0.6) is 0 Å². The Kier molecular flexibility index (Phi) is 6.60. The summed E-state index contributed by atoms with van der Waals surface area (Å²) in [6.45, 7) is 4.60. The molecular weight excluding hydrogens is 419 g/mol. The summed E-state index contributed by atoms with van der Waals surface area (Å²) in [6.07, 6.45) is 7.85. The zero-order valence-corrected chi connectivity index (χ0v) is 19.1. The van der Waals surface area contributed by atoms with Crippen LogP contribution in [0.2, 0.25) is 0 Å². The molecule has 1 saturated carbocycles. The Morgan fingerprint density at radius 2 is 1.85 bits per heavy atom. The van der Waals surface area contributed by atoms with Gasteiger partial charge in [0.05, 0.1) is 5.69 Å². The average molecular weight is 453 g/mol. The number of halogens is 1. The molecule has 1 N–H and O–H groups in total. The van der Waals surface area contributed by atoms with E-state index in [1.165, 1.54) is 18.9 Å². The van der Waals surface area contributed by atoms with Gasteiger partial charge in [-0.15, -0.1) is 0 Å². The predicted molar refractivity (Wildman–Crippen MR) is 128 cm³/mol. The summed E-state index contributed by atoms with van der Waals surface area (Å²) in [5.74, 6) is 2.41. The van der Waals surface area contributed by atoms with Gasteiger partial charge in [0.2, 0.25) is 5.91 Å². The van der Waals surface area contributed by atoms with Gasteiger partial charge < -0.3 is 20.0 Å². The molecule has 8 heteroatoms. The minimum absolute atomic E-state index is 0.196. The molecule has 0 radical (unpaired) electrons. The van der Waals surface area contributed by atoms with E-state index >= 15 is 0 Å². The molecule has 3 heterocycles. The first-order valence-corrected chi connectivity index (χ1v) is 12.3. The van der Waals surface area contributed by atoms with Gasteiger partial charge in [-0.3, -0.25) is 4.79 Å². The van der Waals surface area contributed by atoms with E-state index in [4.69, 9.17) is 0 Å². The lowest BCUT2D eigenvalue weighted by Gasteiger charge is -2.37. The zero-order chi connectivity index (χ0) is 22.6. The third-order valence-corrected chi connectivity index (χ3v) is 7.02. The molecule has 2 aliphatic heterocycles. The quantitative estimate of drug-likeness (QED) is 0.693. The molecule has 5 rings (SSSR count). The van der Waals surface area contributed by atoms with Gasteiger partial charge in [-0.2, -0.15) is 0 Å². The fourth-order valence-corrected chi connectivity index (χ4v) is 4.94. The molecule has 3 aliphatic rings.